The van der Waals surface area contributed by atoms with Crippen molar-refractivity contribution in [3.8, 4) is 0 Å². The Morgan fingerprint density at radius 3 is 2.60 bits per heavy atom. The molecule has 0 aliphatic heterocycles. The summed E-state index contributed by atoms with van der Waals surface area (Å²) in [6, 6.07) is 3.69. The van der Waals surface area contributed by atoms with E-state index in [-0.39, 0.29) is 5.75 Å². The van der Waals surface area contributed by atoms with Gasteiger partial charge in [0.1, 0.15) is 0 Å². The second kappa shape index (κ2) is 8.56. The molecule has 1 aromatic heterocycles. The molecule has 1 rings (SSSR count). The predicted octanol–water partition coefficient (Wildman–Crippen LogP) is 1.40. The van der Waals surface area contributed by atoms with Gasteiger partial charge >= 0.3 is 0 Å². The Balaban J connectivity index is 2.79. The minimum Gasteiger partial charge on any atom is -0.308 e. The van der Waals surface area contributed by atoms with Crippen LogP contribution >= 0.6 is 11.6 Å². The zero-order valence-electron chi connectivity index (χ0n) is 12.0. The number of likely N-dealkylation sites (N-methyl/N-ethyl adjacent to an activating group) is 1. The Labute approximate surface area is 126 Å². The topological polar surface area (TPSA) is 53.5 Å². The summed E-state index contributed by atoms with van der Waals surface area (Å²) in [5.74, 6) is 0.442. The molecule has 0 aliphatic carbocycles. The molecule has 0 aromatic carbocycles. The van der Waals surface area contributed by atoms with Crippen molar-refractivity contribution in [1.29, 1.82) is 0 Å². The second-order valence-corrected chi connectivity index (χ2v) is 7.32. The van der Waals surface area contributed by atoms with E-state index in [0.717, 1.165) is 5.56 Å². The molecule has 0 saturated carbocycles. The molecule has 0 saturated heterocycles. The summed E-state index contributed by atoms with van der Waals surface area (Å²) in [5.41, 5.74) is 0.890. The van der Waals surface area contributed by atoms with Crippen molar-refractivity contribution in [3.05, 3.63) is 30.1 Å². The largest absolute Gasteiger partial charge is 0.308 e. The molecule has 0 bridgehead atoms. The highest BCUT2D eigenvalue weighted by Gasteiger charge is 2.21. The number of aromatic nitrogens is 1. The number of rotatable bonds is 9. The normalized spacial score (nSPS) is 12.2. The third-order valence-electron chi connectivity index (χ3n) is 2.81. The smallest absolute Gasteiger partial charge is 0.214 e. The minimum absolute atomic E-state index is 0.0875. The van der Waals surface area contributed by atoms with Gasteiger partial charge in [0.2, 0.25) is 10.0 Å². The lowest BCUT2D eigenvalue weighted by Crippen LogP contribution is -2.37. The maximum atomic E-state index is 12.3. The molecule has 0 aliphatic rings. The second-order valence-electron chi connectivity index (χ2n) is 4.86. The SMILES string of the molecule is CN(C)CCN(Cc1cccnc1)S(=O)(=O)CCCCl. The van der Waals surface area contributed by atoms with E-state index < -0.39 is 10.0 Å². The maximum absolute atomic E-state index is 12.3. The highest BCUT2D eigenvalue weighted by atomic mass is 35.5. The quantitative estimate of drug-likeness (QED) is 0.646. The molecule has 5 nitrogen and oxygen atoms in total. The number of nitrogens with zero attached hydrogens (tertiary/aromatic N) is 3. The van der Waals surface area contributed by atoms with Crippen molar-refractivity contribution >= 4 is 21.6 Å². The van der Waals surface area contributed by atoms with Gasteiger partial charge in [0.05, 0.1) is 5.75 Å². The Bertz CT molecular complexity index is 480. The molecule has 0 N–H and O–H groups in total. The van der Waals surface area contributed by atoms with Gasteiger partial charge in [-0.1, -0.05) is 6.07 Å². The van der Waals surface area contributed by atoms with Crippen molar-refractivity contribution in [3.63, 3.8) is 0 Å². The summed E-state index contributed by atoms with van der Waals surface area (Å²) in [5, 5.41) is 0. The first-order valence-corrected chi connectivity index (χ1v) is 8.67. The summed E-state index contributed by atoms with van der Waals surface area (Å²) in [4.78, 5) is 5.99. The number of halogens is 1. The van der Waals surface area contributed by atoms with Crippen molar-refractivity contribution in [2.24, 2.45) is 0 Å². The van der Waals surface area contributed by atoms with Crippen LogP contribution in [0.3, 0.4) is 0 Å². The zero-order chi connectivity index (χ0) is 15.0. The van der Waals surface area contributed by atoms with Gasteiger partial charge in [-0.3, -0.25) is 4.98 Å². The minimum atomic E-state index is -3.28. The highest BCUT2D eigenvalue weighted by molar-refractivity contribution is 7.89. The van der Waals surface area contributed by atoms with Crippen molar-refractivity contribution in [2.45, 2.75) is 13.0 Å². The number of pyridine rings is 1. The van der Waals surface area contributed by atoms with Crippen LogP contribution in [0.2, 0.25) is 0 Å². The highest BCUT2D eigenvalue weighted by Crippen LogP contribution is 2.10. The van der Waals surface area contributed by atoms with Crippen LogP contribution in [0.1, 0.15) is 12.0 Å². The third kappa shape index (κ3) is 6.17. The van der Waals surface area contributed by atoms with Crippen LogP contribution in [0.4, 0.5) is 0 Å². The van der Waals surface area contributed by atoms with Crippen LogP contribution in [0, 0.1) is 0 Å². The van der Waals surface area contributed by atoms with Crippen LogP contribution in [0.5, 0.6) is 0 Å². The van der Waals surface area contributed by atoms with Gasteiger partial charge in [-0.25, -0.2) is 8.42 Å². The molecule has 114 valence electrons. The fourth-order valence-corrected chi connectivity index (χ4v) is 3.45. The van der Waals surface area contributed by atoms with Crippen LogP contribution in [0.25, 0.3) is 0 Å². The van der Waals surface area contributed by atoms with Gasteiger partial charge in [-0.05, 0) is 32.1 Å². The first-order valence-electron chi connectivity index (χ1n) is 6.53. The lowest BCUT2D eigenvalue weighted by Gasteiger charge is -2.23. The van der Waals surface area contributed by atoms with Gasteiger partial charge < -0.3 is 4.90 Å². The fourth-order valence-electron chi connectivity index (χ4n) is 1.69. The average Bonchev–Trinajstić information content (AvgIpc) is 2.42. The third-order valence-corrected chi connectivity index (χ3v) is 4.98. The van der Waals surface area contributed by atoms with Gasteiger partial charge in [0.15, 0.2) is 0 Å². The predicted molar refractivity (Wildman–Crippen MR) is 82.3 cm³/mol. The van der Waals surface area contributed by atoms with Crippen molar-refractivity contribution in [1.82, 2.24) is 14.2 Å². The molecule has 0 radical (unpaired) electrons. The number of sulfonamides is 1. The standard InChI is InChI=1S/C13H22ClN3O2S/c1-16(2)8-9-17(20(18,19)10-4-6-14)12-13-5-3-7-15-11-13/h3,5,7,11H,4,6,8-10,12H2,1-2H3. The van der Waals surface area contributed by atoms with E-state index in [2.05, 4.69) is 4.98 Å². The molecule has 1 heterocycles. The molecule has 0 unspecified atom stereocenters. The number of hydrogen-bond donors (Lipinski definition) is 0. The maximum Gasteiger partial charge on any atom is 0.214 e. The van der Waals surface area contributed by atoms with Gasteiger partial charge in [-0.15, -0.1) is 11.6 Å². The molecule has 0 spiro atoms. The summed E-state index contributed by atoms with van der Waals surface area (Å²) < 4.78 is 26.2. The van der Waals surface area contributed by atoms with E-state index in [1.54, 1.807) is 12.4 Å². The Morgan fingerprint density at radius 1 is 1.30 bits per heavy atom. The number of alkyl halides is 1. The lowest BCUT2D eigenvalue weighted by molar-refractivity contribution is 0.329. The molecule has 1 aromatic rings. The average molecular weight is 320 g/mol. The van der Waals surface area contributed by atoms with Crippen molar-refractivity contribution in [2.75, 3.05) is 38.8 Å². The van der Waals surface area contributed by atoms with E-state index in [9.17, 15) is 8.42 Å². The molecule has 7 heteroatoms. The molecule has 0 atom stereocenters. The monoisotopic (exact) mass is 319 g/mol. The molecule has 0 fully saturated rings. The molecule has 0 amide bonds. The van der Waals surface area contributed by atoms with Crippen molar-refractivity contribution < 1.29 is 8.42 Å². The van der Waals surface area contributed by atoms with E-state index in [4.69, 9.17) is 11.6 Å². The van der Waals surface area contributed by atoms with Crippen LogP contribution < -0.4 is 0 Å². The Hall–Kier alpha value is -0.690. The lowest BCUT2D eigenvalue weighted by atomic mass is 10.3. The Kier molecular flexibility index (Phi) is 7.43. The summed E-state index contributed by atoms with van der Waals surface area (Å²) in [6.45, 7) is 1.50. The van der Waals surface area contributed by atoms with Crippen LogP contribution in [-0.2, 0) is 16.6 Å². The number of hydrogen-bond acceptors (Lipinski definition) is 4. The van der Waals surface area contributed by atoms with Crippen LogP contribution in [0.15, 0.2) is 24.5 Å². The zero-order valence-corrected chi connectivity index (χ0v) is 13.6. The van der Waals surface area contributed by atoms with Crippen LogP contribution in [-0.4, -0.2) is 61.4 Å². The molecular formula is C13H22ClN3O2S. The fraction of sp³-hybridized carbons (Fsp3) is 0.615. The first-order chi connectivity index (χ1) is 9.45. The van der Waals surface area contributed by atoms with Gasteiger partial charge in [0.25, 0.3) is 0 Å². The Morgan fingerprint density at radius 2 is 2.05 bits per heavy atom. The van der Waals surface area contributed by atoms with Gasteiger partial charge in [0, 0.05) is 37.9 Å². The van der Waals surface area contributed by atoms with E-state index >= 15 is 0 Å². The molecule has 20 heavy (non-hydrogen) atoms. The summed E-state index contributed by atoms with van der Waals surface area (Å²) >= 11 is 5.60. The summed E-state index contributed by atoms with van der Waals surface area (Å²) in [6.07, 6.45) is 3.84. The first kappa shape index (κ1) is 17.4. The van der Waals surface area contributed by atoms with E-state index in [1.807, 2.05) is 31.1 Å². The van der Waals surface area contributed by atoms with E-state index in [0.29, 0.717) is 31.9 Å². The van der Waals surface area contributed by atoms with E-state index in [1.165, 1.54) is 4.31 Å². The summed E-state index contributed by atoms with van der Waals surface area (Å²) in [7, 11) is 0.565. The molecular weight excluding hydrogens is 298 g/mol. The van der Waals surface area contributed by atoms with Gasteiger partial charge in [-0.2, -0.15) is 4.31 Å².